The summed E-state index contributed by atoms with van der Waals surface area (Å²) in [6, 6.07) is 6.00. The van der Waals surface area contributed by atoms with Crippen LogP contribution in [0.15, 0.2) is 22.7 Å². The summed E-state index contributed by atoms with van der Waals surface area (Å²) in [6.45, 7) is 3.99. The van der Waals surface area contributed by atoms with Crippen LogP contribution >= 0.6 is 15.9 Å². The van der Waals surface area contributed by atoms with Gasteiger partial charge in [-0.15, -0.1) is 0 Å². The summed E-state index contributed by atoms with van der Waals surface area (Å²) in [5.41, 5.74) is 1.25. The van der Waals surface area contributed by atoms with E-state index in [1.165, 1.54) is 12.0 Å². The first-order valence-corrected chi connectivity index (χ1v) is 7.69. The average molecular weight is 326 g/mol. The van der Waals surface area contributed by atoms with Crippen molar-refractivity contribution in [3.63, 3.8) is 0 Å². The smallest absolute Gasteiger partial charge is 0.260 e. The molecular formula is C15H20BrNO2. The summed E-state index contributed by atoms with van der Waals surface area (Å²) in [6.07, 6.45) is 4.45. The molecule has 0 saturated carbocycles. The fourth-order valence-corrected chi connectivity index (χ4v) is 2.80. The van der Waals surface area contributed by atoms with Crippen LogP contribution in [-0.2, 0) is 11.2 Å². The van der Waals surface area contributed by atoms with Crippen molar-refractivity contribution in [2.45, 2.75) is 32.6 Å². The summed E-state index contributed by atoms with van der Waals surface area (Å²) in [7, 11) is 0. The third kappa shape index (κ3) is 3.96. The zero-order valence-corrected chi connectivity index (χ0v) is 12.9. The number of nitrogens with zero attached hydrogens (tertiary/aromatic N) is 1. The van der Waals surface area contributed by atoms with E-state index in [-0.39, 0.29) is 12.5 Å². The van der Waals surface area contributed by atoms with Gasteiger partial charge in [0.05, 0.1) is 4.47 Å². The van der Waals surface area contributed by atoms with E-state index < -0.39 is 0 Å². The Morgan fingerprint density at radius 1 is 1.32 bits per heavy atom. The molecule has 2 rings (SSSR count). The Morgan fingerprint density at radius 2 is 2.05 bits per heavy atom. The maximum Gasteiger partial charge on any atom is 0.260 e. The quantitative estimate of drug-likeness (QED) is 0.849. The second kappa shape index (κ2) is 6.94. The second-order valence-corrected chi connectivity index (χ2v) is 5.70. The Kier molecular flexibility index (Phi) is 5.25. The molecule has 0 aliphatic carbocycles. The van der Waals surface area contributed by atoms with Crippen LogP contribution in [0.5, 0.6) is 5.75 Å². The largest absolute Gasteiger partial charge is 0.483 e. The van der Waals surface area contributed by atoms with Crippen LogP contribution in [-0.4, -0.2) is 30.5 Å². The number of carbonyl (C=O) groups is 1. The van der Waals surface area contributed by atoms with Gasteiger partial charge in [0.15, 0.2) is 6.61 Å². The van der Waals surface area contributed by atoms with Gasteiger partial charge in [-0.25, -0.2) is 0 Å². The number of amides is 1. The summed E-state index contributed by atoms with van der Waals surface area (Å²) in [4.78, 5) is 13.9. The van der Waals surface area contributed by atoms with E-state index in [9.17, 15) is 4.79 Å². The van der Waals surface area contributed by atoms with Crippen molar-refractivity contribution >= 4 is 21.8 Å². The fraction of sp³-hybridized carbons (Fsp3) is 0.533. The zero-order chi connectivity index (χ0) is 13.7. The fourth-order valence-electron chi connectivity index (χ4n) is 2.26. The number of piperidine rings is 1. The molecule has 1 aliphatic heterocycles. The first kappa shape index (κ1) is 14.4. The van der Waals surface area contributed by atoms with E-state index in [1.54, 1.807) is 0 Å². The molecule has 1 heterocycles. The van der Waals surface area contributed by atoms with Crippen LogP contribution in [0.1, 0.15) is 31.7 Å². The lowest BCUT2D eigenvalue weighted by Crippen LogP contribution is -2.38. The molecule has 19 heavy (non-hydrogen) atoms. The van der Waals surface area contributed by atoms with Crippen LogP contribution < -0.4 is 4.74 Å². The number of hydrogen-bond donors (Lipinski definition) is 0. The lowest BCUT2D eigenvalue weighted by atomic mass is 10.1. The van der Waals surface area contributed by atoms with Crippen LogP contribution in [0.3, 0.4) is 0 Å². The first-order valence-electron chi connectivity index (χ1n) is 6.89. The van der Waals surface area contributed by atoms with Crippen molar-refractivity contribution in [1.29, 1.82) is 0 Å². The van der Waals surface area contributed by atoms with E-state index in [1.807, 2.05) is 23.1 Å². The van der Waals surface area contributed by atoms with Gasteiger partial charge in [0, 0.05) is 13.1 Å². The van der Waals surface area contributed by atoms with Crippen molar-refractivity contribution in [2.24, 2.45) is 0 Å². The number of rotatable bonds is 4. The normalized spacial score (nSPS) is 15.4. The molecule has 3 nitrogen and oxygen atoms in total. The van der Waals surface area contributed by atoms with E-state index in [0.29, 0.717) is 0 Å². The summed E-state index contributed by atoms with van der Waals surface area (Å²) in [5, 5.41) is 0. The van der Waals surface area contributed by atoms with Crippen LogP contribution in [0.4, 0.5) is 0 Å². The molecule has 1 aromatic rings. The maximum atomic E-state index is 12.0. The van der Waals surface area contributed by atoms with Gasteiger partial charge in [0.1, 0.15) is 5.75 Å². The molecule has 0 aromatic heterocycles. The van der Waals surface area contributed by atoms with Gasteiger partial charge in [0.25, 0.3) is 5.91 Å². The van der Waals surface area contributed by atoms with Crippen molar-refractivity contribution in [1.82, 2.24) is 4.90 Å². The molecule has 0 bridgehead atoms. The minimum absolute atomic E-state index is 0.0890. The molecule has 1 saturated heterocycles. The molecule has 1 fully saturated rings. The Hall–Kier alpha value is -1.03. The number of ether oxygens (including phenoxy) is 1. The number of benzene rings is 1. The first-order chi connectivity index (χ1) is 9.20. The number of likely N-dealkylation sites (tertiary alicyclic amines) is 1. The lowest BCUT2D eigenvalue weighted by Gasteiger charge is -2.26. The van der Waals surface area contributed by atoms with Gasteiger partial charge >= 0.3 is 0 Å². The second-order valence-electron chi connectivity index (χ2n) is 4.85. The third-order valence-electron chi connectivity index (χ3n) is 3.46. The molecule has 104 valence electrons. The molecule has 4 heteroatoms. The summed E-state index contributed by atoms with van der Waals surface area (Å²) >= 11 is 3.48. The monoisotopic (exact) mass is 325 g/mol. The Morgan fingerprint density at radius 3 is 2.68 bits per heavy atom. The minimum atomic E-state index is 0.0890. The topological polar surface area (TPSA) is 29.5 Å². The molecule has 1 amide bonds. The summed E-state index contributed by atoms with van der Waals surface area (Å²) in [5.74, 6) is 0.828. The molecule has 0 atom stereocenters. The number of aryl methyl sites for hydroxylation is 1. The van der Waals surface area contributed by atoms with Gasteiger partial charge in [-0.3, -0.25) is 4.79 Å². The predicted octanol–water partition coefficient (Wildman–Crippen LogP) is 3.40. The van der Waals surface area contributed by atoms with Crippen LogP contribution in [0, 0.1) is 0 Å². The van der Waals surface area contributed by atoms with Crippen LogP contribution in [0.25, 0.3) is 0 Å². The van der Waals surface area contributed by atoms with Gasteiger partial charge < -0.3 is 9.64 Å². The van der Waals surface area contributed by atoms with E-state index in [4.69, 9.17) is 4.74 Å². The highest BCUT2D eigenvalue weighted by Gasteiger charge is 2.17. The minimum Gasteiger partial charge on any atom is -0.483 e. The van der Waals surface area contributed by atoms with Gasteiger partial charge in [-0.2, -0.15) is 0 Å². The number of halogens is 1. The van der Waals surface area contributed by atoms with Gasteiger partial charge in [-0.05, 0) is 59.3 Å². The van der Waals surface area contributed by atoms with Crippen LogP contribution in [0.2, 0.25) is 0 Å². The molecule has 1 aromatic carbocycles. The maximum absolute atomic E-state index is 12.0. The van der Waals surface area contributed by atoms with E-state index in [0.717, 1.165) is 42.6 Å². The Labute approximate surface area is 123 Å². The molecule has 0 N–H and O–H groups in total. The van der Waals surface area contributed by atoms with Crippen molar-refractivity contribution in [3.8, 4) is 5.75 Å². The molecule has 1 aliphatic rings. The van der Waals surface area contributed by atoms with E-state index >= 15 is 0 Å². The summed E-state index contributed by atoms with van der Waals surface area (Å²) < 4.78 is 6.53. The molecular weight excluding hydrogens is 306 g/mol. The molecule has 0 spiro atoms. The SMILES string of the molecule is CCc1ccc(OCC(=O)N2CCCCC2)c(Br)c1. The third-order valence-corrected chi connectivity index (χ3v) is 4.08. The van der Waals surface area contributed by atoms with E-state index in [2.05, 4.69) is 22.9 Å². The Bertz CT molecular complexity index is 442. The highest BCUT2D eigenvalue weighted by atomic mass is 79.9. The van der Waals surface area contributed by atoms with Gasteiger partial charge in [0.2, 0.25) is 0 Å². The van der Waals surface area contributed by atoms with Crippen molar-refractivity contribution in [2.75, 3.05) is 19.7 Å². The molecule has 0 radical (unpaired) electrons. The lowest BCUT2D eigenvalue weighted by molar-refractivity contribution is -0.134. The van der Waals surface area contributed by atoms with Gasteiger partial charge in [-0.1, -0.05) is 13.0 Å². The van der Waals surface area contributed by atoms with Crippen molar-refractivity contribution in [3.05, 3.63) is 28.2 Å². The standard InChI is InChI=1S/C15H20BrNO2/c1-2-12-6-7-14(13(16)10-12)19-11-15(18)17-8-4-3-5-9-17/h6-7,10H,2-5,8-9,11H2,1H3. The highest BCUT2D eigenvalue weighted by Crippen LogP contribution is 2.26. The zero-order valence-electron chi connectivity index (χ0n) is 11.3. The van der Waals surface area contributed by atoms with Crippen molar-refractivity contribution < 1.29 is 9.53 Å². The number of carbonyl (C=O) groups excluding carboxylic acids is 1. The molecule has 0 unspecified atom stereocenters. The number of hydrogen-bond acceptors (Lipinski definition) is 2. The average Bonchev–Trinajstić information content (AvgIpc) is 2.46. The Balaban J connectivity index is 1.89. The predicted molar refractivity (Wildman–Crippen MR) is 79.4 cm³/mol. The highest BCUT2D eigenvalue weighted by molar-refractivity contribution is 9.10.